The van der Waals surface area contributed by atoms with Crippen LogP contribution in [0.4, 0.5) is 0 Å². The van der Waals surface area contributed by atoms with E-state index in [9.17, 15) is 0 Å². The Morgan fingerprint density at radius 1 is 1.69 bits per heavy atom. The molecular weight excluding hydrogens is 220 g/mol. The molecule has 0 radical (unpaired) electrons. The van der Waals surface area contributed by atoms with Gasteiger partial charge in [0.05, 0.1) is 12.0 Å². The first-order chi connectivity index (χ1) is 7.79. The molecule has 0 spiro atoms. The van der Waals surface area contributed by atoms with Crippen LogP contribution in [0.3, 0.4) is 0 Å². The molecule has 0 aliphatic heterocycles. The third kappa shape index (κ3) is 2.59. The summed E-state index contributed by atoms with van der Waals surface area (Å²) < 4.78 is 5.29. The molecule has 1 N–H and O–H groups in total. The molecule has 2 heterocycles. The molecule has 1 atom stereocenters. The summed E-state index contributed by atoms with van der Waals surface area (Å²) in [6, 6.07) is 4.09. The quantitative estimate of drug-likeness (QED) is 0.808. The predicted octanol–water partition coefficient (Wildman–Crippen LogP) is 3.07. The third-order valence-corrected chi connectivity index (χ3v) is 3.15. The summed E-state index contributed by atoms with van der Waals surface area (Å²) in [6.07, 6.45) is 3.54. The Morgan fingerprint density at radius 2 is 2.56 bits per heavy atom. The van der Waals surface area contributed by atoms with E-state index in [1.165, 1.54) is 0 Å². The maximum atomic E-state index is 5.29. The molecule has 16 heavy (non-hydrogen) atoms. The zero-order chi connectivity index (χ0) is 11.4. The molecule has 3 nitrogen and oxygen atoms in total. The van der Waals surface area contributed by atoms with Crippen LogP contribution in [0.1, 0.15) is 12.6 Å². The summed E-state index contributed by atoms with van der Waals surface area (Å²) in [5, 5.41) is 6.27. The first-order valence-electron chi connectivity index (χ1n) is 5.14. The first kappa shape index (κ1) is 11.1. The van der Waals surface area contributed by atoms with Gasteiger partial charge in [0.15, 0.2) is 10.8 Å². The minimum absolute atomic E-state index is 0.300. The molecular formula is C12H14N2OS. The number of hydrogen-bond acceptors (Lipinski definition) is 4. The maximum Gasteiger partial charge on any atom is 0.162 e. The third-order valence-electron chi connectivity index (χ3n) is 2.24. The van der Waals surface area contributed by atoms with Crippen molar-refractivity contribution >= 4 is 11.3 Å². The summed E-state index contributed by atoms with van der Waals surface area (Å²) in [7, 11) is 0. The molecule has 2 rings (SSSR count). The molecule has 0 saturated carbocycles. The van der Waals surface area contributed by atoms with Gasteiger partial charge in [-0.3, -0.25) is 0 Å². The van der Waals surface area contributed by atoms with Crippen LogP contribution < -0.4 is 5.32 Å². The SMILES string of the molecule is C=CC(C)NCc1csc(-c2ccco2)n1. The van der Waals surface area contributed by atoms with E-state index in [2.05, 4.69) is 23.8 Å². The van der Waals surface area contributed by atoms with Crippen molar-refractivity contribution in [3.8, 4) is 10.8 Å². The highest BCUT2D eigenvalue weighted by molar-refractivity contribution is 7.13. The van der Waals surface area contributed by atoms with Gasteiger partial charge in [0.2, 0.25) is 0 Å². The Morgan fingerprint density at radius 3 is 3.25 bits per heavy atom. The molecule has 0 aliphatic carbocycles. The van der Waals surface area contributed by atoms with Crippen molar-refractivity contribution in [2.75, 3.05) is 0 Å². The van der Waals surface area contributed by atoms with Gasteiger partial charge in [-0.1, -0.05) is 6.08 Å². The Balaban J connectivity index is 2.00. The van der Waals surface area contributed by atoms with E-state index < -0.39 is 0 Å². The van der Waals surface area contributed by atoms with E-state index in [1.54, 1.807) is 17.6 Å². The summed E-state index contributed by atoms with van der Waals surface area (Å²) in [5.74, 6) is 0.827. The van der Waals surface area contributed by atoms with E-state index in [0.717, 1.165) is 23.0 Å². The molecule has 4 heteroatoms. The Hall–Kier alpha value is -1.39. The van der Waals surface area contributed by atoms with E-state index in [4.69, 9.17) is 4.42 Å². The fourth-order valence-corrected chi connectivity index (χ4v) is 2.04. The second kappa shape index (κ2) is 5.09. The van der Waals surface area contributed by atoms with Gasteiger partial charge in [-0.15, -0.1) is 17.9 Å². The average molecular weight is 234 g/mol. The van der Waals surface area contributed by atoms with E-state index in [-0.39, 0.29) is 0 Å². The summed E-state index contributed by atoms with van der Waals surface area (Å²) >= 11 is 1.60. The lowest BCUT2D eigenvalue weighted by Crippen LogP contribution is -2.22. The van der Waals surface area contributed by atoms with E-state index in [0.29, 0.717) is 6.04 Å². The average Bonchev–Trinajstić information content (AvgIpc) is 2.95. The molecule has 1 unspecified atom stereocenters. The number of thiazole rings is 1. The van der Waals surface area contributed by atoms with E-state index in [1.807, 2.05) is 23.6 Å². The zero-order valence-corrected chi connectivity index (χ0v) is 9.96. The van der Waals surface area contributed by atoms with Crippen LogP contribution in [0, 0.1) is 0 Å². The molecule has 84 valence electrons. The van der Waals surface area contributed by atoms with Crippen molar-refractivity contribution < 1.29 is 4.42 Å². The lowest BCUT2D eigenvalue weighted by atomic mass is 10.3. The lowest BCUT2D eigenvalue weighted by molar-refractivity contribution is 0.580. The smallest absolute Gasteiger partial charge is 0.162 e. The number of hydrogen-bond donors (Lipinski definition) is 1. The molecule has 0 fully saturated rings. The van der Waals surface area contributed by atoms with Crippen LogP contribution in [0.25, 0.3) is 10.8 Å². The second-order valence-electron chi connectivity index (χ2n) is 3.53. The van der Waals surface area contributed by atoms with Crippen LogP contribution in [0.5, 0.6) is 0 Å². The summed E-state index contributed by atoms with van der Waals surface area (Å²) in [4.78, 5) is 4.49. The van der Waals surface area contributed by atoms with Crippen LogP contribution in [0.2, 0.25) is 0 Å². The molecule has 0 bridgehead atoms. The predicted molar refractivity (Wildman–Crippen MR) is 66.3 cm³/mol. The van der Waals surface area contributed by atoms with Gasteiger partial charge in [-0.2, -0.15) is 0 Å². The van der Waals surface area contributed by atoms with Crippen LogP contribution in [-0.2, 0) is 6.54 Å². The van der Waals surface area contributed by atoms with Crippen molar-refractivity contribution in [3.63, 3.8) is 0 Å². The van der Waals surface area contributed by atoms with Crippen molar-refractivity contribution in [3.05, 3.63) is 42.1 Å². The Labute approximate surface area is 98.8 Å². The van der Waals surface area contributed by atoms with E-state index >= 15 is 0 Å². The fourth-order valence-electron chi connectivity index (χ4n) is 1.25. The first-order valence-corrected chi connectivity index (χ1v) is 6.02. The number of furan rings is 1. The van der Waals surface area contributed by atoms with Gasteiger partial charge in [0.1, 0.15) is 0 Å². The minimum atomic E-state index is 0.300. The Bertz CT molecular complexity index is 447. The second-order valence-corrected chi connectivity index (χ2v) is 4.38. The van der Waals surface area contributed by atoms with Gasteiger partial charge in [-0.25, -0.2) is 4.98 Å². The van der Waals surface area contributed by atoms with Crippen LogP contribution in [0.15, 0.2) is 40.8 Å². The number of nitrogens with zero attached hydrogens (tertiary/aromatic N) is 1. The molecule has 2 aromatic rings. The highest BCUT2D eigenvalue weighted by atomic mass is 32.1. The highest BCUT2D eigenvalue weighted by Crippen LogP contribution is 2.23. The van der Waals surface area contributed by atoms with Gasteiger partial charge in [-0.05, 0) is 19.1 Å². The van der Waals surface area contributed by atoms with Crippen molar-refractivity contribution in [1.29, 1.82) is 0 Å². The highest BCUT2D eigenvalue weighted by Gasteiger charge is 2.06. The molecule has 0 amide bonds. The normalized spacial score (nSPS) is 12.6. The van der Waals surface area contributed by atoms with Gasteiger partial charge in [0, 0.05) is 18.0 Å². The van der Waals surface area contributed by atoms with Crippen molar-refractivity contribution in [1.82, 2.24) is 10.3 Å². The lowest BCUT2D eigenvalue weighted by Gasteiger charge is -2.05. The standard InChI is InChI=1S/C12H14N2OS/c1-3-9(2)13-7-10-8-16-12(14-10)11-5-4-6-15-11/h3-6,8-9,13H,1,7H2,2H3. The number of nitrogens with one attached hydrogen (secondary N) is 1. The molecule has 0 aromatic carbocycles. The monoisotopic (exact) mass is 234 g/mol. The van der Waals surface area contributed by atoms with Gasteiger partial charge in [0.25, 0.3) is 0 Å². The summed E-state index contributed by atoms with van der Waals surface area (Å²) in [6.45, 7) is 6.54. The summed E-state index contributed by atoms with van der Waals surface area (Å²) in [5.41, 5.74) is 1.03. The van der Waals surface area contributed by atoms with Crippen LogP contribution in [-0.4, -0.2) is 11.0 Å². The zero-order valence-electron chi connectivity index (χ0n) is 9.14. The minimum Gasteiger partial charge on any atom is -0.462 e. The maximum absolute atomic E-state index is 5.29. The van der Waals surface area contributed by atoms with Crippen molar-refractivity contribution in [2.45, 2.75) is 19.5 Å². The number of aromatic nitrogens is 1. The van der Waals surface area contributed by atoms with Gasteiger partial charge >= 0.3 is 0 Å². The Kier molecular flexibility index (Phi) is 3.54. The van der Waals surface area contributed by atoms with Crippen LogP contribution >= 0.6 is 11.3 Å². The van der Waals surface area contributed by atoms with Gasteiger partial charge < -0.3 is 9.73 Å². The number of rotatable bonds is 5. The largest absolute Gasteiger partial charge is 0.462 e. The molecule has 0 aliphatic rings. The topological polar surface area (TPSA) is 38.1 Å². The molecule has 0 saturated heterocycles. The van der Waals surface area contributed by atoms with Crippen molar-refractivity contribution in [2.24, 2.45) is 0 Å². The molecule has 2 aromatic heterocycles. The fraction of sp³-hybridized carbons (Fsp3) is 0.250.